The van der Waals surface area contributed by atoms with Crippen LogP contribution in [0, 0.1) is 5.92 Å². The Kier molecular flexibility index (Phi) is 5.19. The Morgan fingerprint density at radius 3 is 2.87 bits per heavy atom. The van der Waals surface area contributed by atoms with Gasteiger partial charge in [0.15, 0.2) is 0 Å². The molecule has 0 aliphatic carbocycles. The zero-order valence-corrected chi connectivity index (χ0v) is 16.5. The van der Waals surface area contributed by atoms with Crippen LogP contribution < -0.4 is 10.1 Å². The van der Waals surface area contributed by atoms with Gasteiger partial charge in [0.05, 0.1) is 24.6 Å². The summed E-state index contributed by atoms with van der Waals surface area (Å²) >= 11 is 0. The van der Waals surface area contributed by atoms with E-state index in [-0.39, 0.29) is 23.2 Å². The molecule has 1 fully saturated rings. The highest BCUT2D eigenvalue weighted by atomic mass is 19.4. The lowest BCUT2D eigenvalue weighted by molar-refractivity contribution is -0.140. The molecule has 0 bridgehead atoms. The molecule has 7 nitrogen and oxygen atoms in total. The Labute approximate surface area is 175 Å². The molecular weight excluding hydrogens is 413 g/mol. The number of nitrogens with one attached hydrogen (secondary N) is 2. The standard InChI is InChI=1S/C21H21F3N4O3/c22-21(23,24)17-7-14-19(27-17)25-11-26-20(14)28-18-13-3-1-2-4-15(13)31-10-16(18)30-9-12-5-6-29-8-12/h1-4,7,11-12,16,18H,5-6,8-10H2,(H2,25,26,27,28). The fourth-order valence-corrected chi connectivity index (χ4v) is 3.98. The number of halogens is 3. The second-order valence-corrected chi connectivity index (χ2v) is 7.74. The SMILES string of the molecule is FC(F)(F)c1cc2c(NC3c4ccccc4OCC3OCC3CCOC3)ncnc2[nH]1. The molecule has 0 radical (unpaired) electrons. The molecule has 4 heterocycles. The number of hydrogen-bond acceptors (Lipinski definition) is 6. The van der Waals surface area contributed by atoms with Crippen LogP contribution in [0.15, 0.2) is 36.7 Å². The minimum Gasteiger partial charge on any atom is -0.490 e. The number of aromatic nitrogens is 3. The van der Waals surface area contributed by atoms with Gasteiger partial charge >= 0.3 is 6.18 Å². The van der Waals surface area contributed by atoms with Crippen LogP contribution in [-0.2, 0) is 15.7 Å². The lowest BCUT2D eigenvalue weighted by atomic mass is 9.97. The number of anilines is 1. The Hall–Kier alpha value is -2.85. The van der Waals surface area contributed by atoms with E-state index in [1.165, 1.54) is 6.33 Å². The Morgan fingerprint density at radius 1 is 1.19 bits per heavy atom. The number of nitrogens with zero attached hydrogens (tertiary/aromatic N) is 2. The van der Waals surface area contributed by atoms with E-state index in [9.17, 15) is 13.2 Å². The van der Waals surface area contributed by atoms with Crippen LogP contribution in [0.5, 0.6) is 5.75 Å². The maximum absolute atomic E-state index is 13.2. The molecule has 10 heteroatoms. The van der Waals surface area contributed by atoms with Gasteiger partial charge in [0.2, 0.25) is 0 Å². The van der Waals surface area contributed by atoms with Crippen molar-refractivity contribution < 1.29 is 27.4 Å². The van der Waals surface area contributed by atoms with Crippen molar-refractivity contribution in [3.63, 3.8) is 0 Å². The van der Waals surface area contributed by atoms with Crippen molar-refractivity contribution in [2.75, 3.05) is 31.7 Å². The minimum absolute atomic E-state index is 0.116. The first-order valence-electron chi connectivity index (χ1n) is 10.1. The topological polar surface area (TPSA) is 81.3 Å². The number of alkyl halides is 3. The van der Waals surface area contributed by atoms with E-state index in [2.05, 4.69) is 20.3 Å². The molecule has 31 heavy (non-hydrogen) atoms. The van der Waals surface area contributed by atoms with Crippen molar-refractivity contribution in [1.82, 2.24) is 15.0 Å². The maximum atomic E-state index is 13.2. The summed E-state index contributed by atoms with van der Waals surface area (Å²) in [6.07, 6.45) is -2.67. The quantitative estimate of drug-likeness (QED) is 0.633. The maximum Gasteiger partial charge on any atom is 0.431 e. The van der Waals surface area contributed by atoms with Gasteiger partial charge in [0, 0.05) is 18.1 Å². The van der Waals surface area contributed by atoms with Crippen molar-refractivity contribution >= 4 is 16.9 Å². The molecule has 0 saturated carbocycles. The molecule has 2 aliphatic rings. The van der Waals surface area contributed by atoms with Gasteiger partial charge in [-0.2, -0.15) is 13.2 Å². The van der Waals surface area contributed by atoms with Crippen molar-refractivity contribution in [2.24, 2.45) is 5.92 Å². The molecule has 2 N–H and O–H groups in total. The van der Waals surface area contributed by atoms with Crippen LogP contribution in [0.1, 0.15) is 23.7 Å². The molecule has 1 aromatic carbocycles. The average Bonchev–Trinajstić information content (AvgIpc) is 3.43. The zero-order chi connectivity index (χ0) is 21.4. The third-order valence-electron chi connectivity index (χ3n) is 5.62. The van der Waals surface area contributed by atoms with Crippen molar-refractivity contribution in [1.29, 1.82) is 0 Å². The number of ether oxygens (including phenoxy) is 3. The van der Waals surface area contributed by atoms with Crippen LogP contribution in [-0.4, -0.2) is 47.5 Å². The van der Waals surface area contributed by atoms with E-state index in [0.29, 0.717) is 37.3 Å². The van der Waals surface area contributed by atoms with Crippen LogP contribution >= 0.6 is 0 Å². The monoisotopic (exact) mass is 434 g/mol. The number of H-pyrrole nitrogens is 1. The summed E-state index contributed by atoms with van der Waals surface area (Å²) in [4.78, 5) is 10.5. The summed E-state index contributed by atoms with van der Waals surface area (Å²) in [6, 6.07) is 8.20. The van der Waals surface area contributed by atoms with Crippen LogP contribution in [0.2, 0.25) is 0 Å². The predicted octanol–water partition coefficient (Wildman–Crippen LogP) is 3.94. The Balaban J connectivity index is 1.46. The van der Waals surface area contributed by atoms with E-state index >= 15 is 0 Å². The predicted molar refractivity (Wildman–Crippen MR) is 106 cm³/mol. The Bertz CT molecular complexity index is 1070. The molecular formula is C21H21F3N4O3. The van der Waals surface area contributed by atoms with Gasteiger partial charge < -0.3 is 24.5 Å². The molecule has 1 saturated heterocycles. The smallest absolute Gasteiger partial charge is 0.431 e. The van der Waals surface area contributed by atoms with Gasteiger partial charge in [-0.1, -0.05) is 18.2 Å². The Morgan fingerprint density at radius 2 is 2.06 bits per heavy atom. The number of rotatable bonds is 5. The van der Waals surface area contributed by atoms with Gasteiger partial charge in [-0.15, -0.1) is 0 Å². The third-order valence-corrected chi connectivity index (χ3v) is 5.62. The first-order chi connectivity index (χ1) is 15.0. The fourth-order valence-electron chi connectivity index (χ4n) is 3.98. The summed E-state index contributed by atoms with van der Waals surface area (Å²) in [5.74, 6) is 1.33. The molecule has 3 aromatic rings. The number of fused-ring (bicyclic) bond motifs is 2. The van der Waals surface area contributed by atoms with E-state index in [0.717, 1.165) is 24.7 Å². The van der Waals surface area contributed by atoms with Gasteiger partial charge in [0.25, 0.3) is 0 Å². The first kappa shape index (κ1) is 20.1. The summed E-state index contributed by atoms with van der Waals surface area (Å²) in [5.41, 5.74) is 0.109. The molecule has 0 amide bonds. The van der Waals surface area contributed by atoms with E-state index in [1.807, 2.05) is 24.3 Å². The van der Waals surface area contributed by atoms with Crippen LogP contribution in [0.25, 0.3) is 11.0 Å². The number of para-hydroxylation sites is 1. The third kappa shape index (κ3) is 4.05. The molecule has 3 atom stereocenters. The number of hydrogen-bond donors (Lipinski definition) is 2. The van der Waals surface area contributed by atoms with Gasteiger partial charge in [-0.05, 0) is 18.6 Å². The van der Waals surface area contributed by atoms with Crippen molar-refractivity contribution in [2.45, 2.75) is 24.7 Å². The van der Waals surface area contributed by atoms with Gasteiger partial charge in [0.1, 0.15) is 41.9 Å². The average molecular weight is 434 g/mol. The summed E-state index contributed by atoms with van der Waals surface area (Å²) in [5, 5.41) is 3.56. The van der Waals surface area contributed by atoms with E-state index < -0.39 is 11.9 Å². The molecule has 2 aromatic heterocycles. The highest BCUT2D eigenvalue weighted by molar-refractivity contribution is 5.88. The number of aromatic amines is 1. The van der Waals surface area contributed by atoms with Gasteiger partial charge in [-0.25, -0.2) is 9.97 Å². The van der Waals surface area contributed by atoms with Crippen molar-refractivity contribution in [3.8, 4) is 5.75 Å². The zero-order valence-electron chi connectivity index (χ0n) is 16.5. The molecule has 164 valence electrons. The second-order valence-electron chi connectivity index (χ2n) is 7.74. The summed E-state index contributed by atoms with van der Waals surface area (Å²) in [6.45, 7) is 2.24. The molecule has 0 spiro atoms. The lowest BCUT2D eigenvalue weighted by Crippen LogP contribution is -2.38. The van der Waals surface area contributed by atoms with Crippen molar-refractivity contribution in [3.05, 3.63) is 47.9 Å². The fraction of sp³-hybridized carbons (Fsp3) is 0.429. The molecule has 2 aliphatic heterocycles. The van der Waals surface area contributed by atoms with Crippen LogP contribution in [0.3, 0.4) is 0 Å². The van der Waals surface area contributed by atoms with Gasteiger partial charge in [-0.3, -0.25) is 0 Å². The lowest BCUT2D eigenvalue weighted by Gasteiger charge is -2.34. The molecule has 3 unspecified atom stereocenters. The van der Waals surface area contributed by atoms with E-state index in [1.54, 1.807) is 0 Å². The largest absolute Gasteiger partial charge is 0.490 e. The highest BCUT2D eigenvalue weighted by Crippen LogP contribution is 2.38. The first-order valence-corrected chi connectivity index (χ1v) is 10.1. The summed E-state index contributed by atoms with van der Waals surface area (Å²) < 4.78 is 57.0. The highest BCUT2D eigenvalue weighted by Gasteiger charge is 2.35. The molecule has 5 rings (SSSR count). The van der Waals surface area contributed by atoms with Crippen LogP contribution in [0.4, 0.5) is 19.0 Å². The normalized spacial score (nSPS) is 23.5. The minimum atomic E-state index is -4.50. The van der Waals surface area contributed by atoms with E-state index in [4.69, 9.17) is 14.2 Å². The number of benzene rings is 1. The second kappa shape index (κ2) is 8.01. The summed E-state index contributed by atoms with van der Waals surface area (Å²) in [7, 11) is 0.